The van der Waals surface area contributed by atoms with E-state index in [1.165, 1.54) is 4.90 Å². The quantitative estimate of drug-likeness (QED) is 0.371. The number of benzene rings is 1. The molecular formula is C23H32ClNO3Si. The average molecular weight is 434 g/mol. The van der Waals surface area contributed by atoms with Gasteiger partial charge < -0.3 is 4.74 Å². The third-order valence-electron chi connectivity index (χ3n) is 6.24. The van der Waals surface area contributed by atoms with E-state index in [9.17, 15) is 9.59 Å². The van der Waals surface area contributed by atoms with Crippen molar-refractivity contribution in [3.05, 3.63) is 52.3 Å². The van der Waals surface area contributed by atoms with Crippen molar-refractivity contribution in [2.75, 3.05) is 0 Å². The molecule has 0 saturated heterocycles. The van der Waals surface area contributed by atoms with Crippen LogP contribution in [0.3, 0.4) is 0 Å². The van der Waals surface area contributed by atoms with Gasteiger partial charge in [-0.15, -0.1) is 0 Å². The molecule has 1 aromatic rings. The Balaban J connectivity index is 2.61. The molecule has 1 unspecified atom stereocenters. The van der Waals surface area contributed by atoms with E-state index in [1.807, 2.05) is 24.4 Å². The minimum absolute atomic E-state index is 0.385. The smallest absolute Gasteiger partial charge is 0.410 e. The molecule has 1 aliphatic rings. The van der Waals surface area contributed by atoms with Crippen molar-refractivity contribution in [2.45, 2.75) is 71.1 Å². The number of aldehydes is 1. The fourth-order valence-electron chi connectivity index (χ4n) is 5.03. The molecule has 0 fully saturated rings. The number of carbonyl (C=O) groups is 2. The van der Waals surface area contributed by atoms with Gasteiger partial charge >= 0.3 is 6.09 Å². The fourth-order valence-corrected chi connectivity index (χ4v) is 12.5. The lowest BCUT2D eigenvalue weighted by Crippen LogP contribution is -2.51. The van der Waals surface area contributed by atoms with Crippen LogP contribution in [-0.4, -0.2) is 31.4 Å². The first-order valence-electron chi connectivity index (χ1n) is 10.2. The van der Waals surface area contributed by atoms with Crippen LogP contribution in [0, 0.1) is 0 Å². The number of rotatable bonds is 6. The molecule has 1 aliphatic heterocycles. The molecule has 158 valence electrons. The average Bonchev–Trinajstić information content (AvgIpc) is 2.64. The van der Waals surface area contributed by atoms with Crippen molar-refractivity contribution >= 4 is 32.1 Å². The van der Waals surface area contributed by atoms with Crippen LogP contribution < -0.4 is 4.74 Å². The maximum Gasteiger partial charge on any atom is 0.419 e. The Morgan fingerprint density at radius 2 is 1.59 bits per heavy atom. The molecular weight excluding hydrogens is 402 g/mol. The molecule has 0 N–H and O–H groups in total. The van der Waals surface area contributed by atoms with E-state index in [-0.39, 0.29) is 0 Å². The number of hydrogen-bond acceptors (Lipinski definition) is 3. The van der Waals surface area contributed by atoms with E-state index >= 15 is 0 Å². The van der Waals surface area contributed by atoms with Crippen LogP contribution in [0.2, 0.25) is 16.6 Å². The summed E-state index contributed by atoms with van der Waals surface area (Å²) in [6.45, 7) is 15.1. The third-order valence-corrected chi connectivity index (χ3v) is 13.9. The summed E-state index contributed by atoms with van der Waals surface area (Å²) in [5, 5.41) is 1.48. The summed E-state index contributed by atoms with van der Waals surface area (Å²) in [5.41, 5.74) is 1.59. The summed E-state index contributed by atoms with van der Waals surface area (Å²) in [7, 11) is -2.19. The summed E-state index contributed by atoms with van der Waals surface area (Å²) in [5.74, 6) is 0.466. The summed E-state index contributed by atoms with van der Waals surface area (Å²) in [6.07, 6.45) is 2.13. The largest absolute Gasteiger partial charge is 0.419 e. The number of halogens is 1. The summed E-state index contributed by atoms with van der Waals surface area (Å²) in [6, 6.07) is 8.46. The van der Waals surface area contributed by atoms with Crippen LogP contribution in [0.25, 0.3) is 0 Å². The SMILES string of the molecule is CC1C(C=O)=C(Cl)C([Si](C(C)C)(C(C)C)C(C)C)=CN1C(=O)Oc1ccccc1. The molecule has 0 spiro atoms. The van der Waals surface area contributed by atoms with E-state index < -0.39 is 20.2 Å². The molecule has 6 heteroatoms. The standard InChI is InChI=1S/C23H32ClNO3Si/c1-15(2)29(16(3)4,17(5)6)21-13-25(18(7)20(14-26)22(21)24)23(27)28-19-11-9-8-10-12-19/h8-18H,1-7H3. The fraction of sp³-hybridized carbons (Fsp3) is 0.478. The van der Waals surface area contributed by atoms with Crippen LogP contribution in [0.1, 0.15) is 48.5 Å². The summed E-state index contributed by atoms with van der Waals surface area (Å²) in [4.78, 5) is 26.5. The lowest BCUT2D eigenvalue weighted by atomic mass is 10.1. The molecule has 0 aliphatic carbocycles. The zero-order valence-electron chi connectivity index (χ0n) is 18.4. The molecule has 29 heavy (non-hydrogen) atoms. The lowest BCUT2D eigenvalue weighted by molar-refractivity contribution is -0.105. The normalized spacial score (nSPS) is 17.8. The minimum Gasteiger partial charge on any atom is -0.410 e. The first-order valence-corrected chi connectivity index (χ1v) is 12.8. The Kier molecular flexibility index (Phi) is 7.52. The highest BCUT2D eigenvalue weighted by atomic mass is 35.5. The Morgan fingerprint density at radius 1 is 1.07 bits per heavy atom. The molecule has 0 saturated carbocycles. The van der Waals surface area contributed by atoms with Gasteiger partial charge in [0.15, 0.2) is 0 Å². The van der Waals surface area contributed by atoms with E-state index in [0.29, 0.717) is 33.0 Å². The van der Waals surface area contributed by atoms with Crippen LogP contribution in [-0.2, 0) is 4.79 Å². The van der Waals surface area contributed by atoms with Crippen LogP contribution >= 0.6 is 11.6 Å². The van der Waals surface area contributed by atoms with E-state index in [0.717, 1.165) is 11.5 Å². The first-order chi connectivity index (χ1) is 13.6. The number of para-hydroxylation sites is 1. The second kappa shape index (κ2) is 9.31. The molecule has 4 nitrogen and oxygen atoms in total. The molecule has 1 heterocycles. The number of ether oxygens (including phenoxy) is 1. The van der Waals surface area contributed by atoms with Crippen molar-refractivity contribution < 1.29 is 14.3 Å². The molecule has 1 aromatic carbocycles. The molecule has 2 rings (SSSR count). The van der Waals surface area contributed by atoms with Gasteiger partial charge in [-0.05, 0) is 40.9 Å². The van der Waals surface area contributed by atoms with Gasteiger partial charge in [-0.3, -0.25) is 9.69 Å². The molecule has 0 bridgehead atoms. The lowest BCUT2D eigenvalue weighted by Gasteiger charge is -2.47. The van der Waals surface area contributed by atoms with Crippen molar-refractivity contribution in [1.29, 1.82) is 0 Å². The van der Waals surface area contributed by atoms with Crippen molar-refractivity contribution in [1.82, 2.24) is 4.90 Å². The number of carbonyl (C=O) groups excluding carboxylic acids is 2. The monoisotopic (exact) mass is 433 g/mol. The van der Waals surface area contributed by atoms with Crippen molar-refractivity contribution in [3.63, 3.8) is 0 Å². The zero-order chi connectivity index (χ0) is 21.9. The molecule has 0 aromatic heterocycles. The highest BCUT2D eigenvalue weighted by Gasteiger charge is 2.49. The van der Waals surface area contributed by atoms with Gasteiger partial charge in [0.25, 0.3) is 0 Å². The van der Waals surface area contributed by atoms with Gasteiger partial charge in [-0.2, -0.15) is 0 Å². The Hall–Kier alpha value is -1.85. The van der Waals surface area contributed by atoms with Gasteiger partial charge in [0, 0.05) is 16.8 Å². The van der Waals surface area contributed by atoms with Gasteiger partial charge in [0.1, 0.15) is 12.0 Å². The number of hydrogen-bond donors (Lipinski definition) is 0. The highest BCUT2D eigenvalue weighted by molar-refractivity contribution is 6.91. The van der Waals surface area contributed by atoms with E-state index in [1.54, 1.807) is 19.1 Å². The minimum atomic E-state index is -2.19. The summed E-state index contributed by atoms with van der Waals surface area (Å²) < 4.78 is 5.57. The predicted octanol–water partition coefficient (Wildman–Crippen LogP) is 6.68. The molecule has 0 radical (unpaired) electrons. The van der Waals surface area contributed by atoms with Gasteiger partial charge in [-0.25, -0.2) is 4.79 Å². The Labute approximate surface area is 180 Å². The maximum absolute atomic E-state index is 13.0. The van der Waals surface area contributed by atoms with Crippen LogP contribution in [0.15, 0.2) is 52.3 Å². The number of amides is 1. The van der Waals surface area contributed by atoms with Gasteiger partial charge in [0.05, 0.1) is 14.1 Å². The van der Waals surface area contributed by atoms with E-state index in [2.05, 4.69) is 41.5 Å². The first kappa shape index (κ1) is 23.4. The topological polar surface area (TPSA) is 46.6 Å². The molecule has 1 amide bonds. The van der Waals surface area contributed by atoms with Gasteiger partial charge in [-0.1, -0.05) is 71.3 Å². The van der Waals surface area contributed by atoms with Crippen molar-refractivity contribution in [3.8, 4) is 5.75 Å². The highest BCUT2D eigenvalue weighted by Crippen LogP contribution is 2.51. The second-order valence-corrected chi connectivity index (χ2v) is 14.8. The maximum atomic E-state index is 13.0. The second-order valence-electron chi connectivity index (χ2n) is 8.59. The zero-order valence-corrected chi connectivity index (χ0v) is 20.2. The van der Waals surface area contributed by atoms with E-state index in [4.69, 9.17) is 16.3 Å². The number of allylic oxidation sites excluding steroid dienone is 2. The van der Waals surface area contributed by atoms with Crippen molar-refractivity contribution in [2.24, 2.45) is 0 Å². The van der Waals surface area contributed by atoms with Gasteiger partial charge in [0.2, 0.25) is 0 Å². The molecule has 1 atom stereocenters. The third kappa shape index (κ3) is 4.21. The van der Waals surface area contributed by atoms with Crippen LogP contribution in [0.5, 0.6) is 5.75 Å². The number of nitrogens with zero attached hydrogens (tertiary/aromatic N) is 1. The Bertz CT molecular complexity index is 793. The Morgan fingerprint density at radius 3 is 2.03 bits per heavy atom. The summed E-state index contributed by atoms with van der Waals surface area (Å²) >= 11 is 6.83. The predicted molar refractivity (Wildman–Crippen MR) is 122 cm³/mol. The van der Waals surface area contributed by atoms with Crippen LogP contribution in [0.4, 0.5) is 4.79 Å².